The van der Waals surface area contributed by atoms with Gasteiger partial charge in [-0.2, -0.15) is 0 Å². The molecule has 0 aromatic heterocycles. The maximum atomic E-state index is 10.2. The Hall–Kier alpha value is -0.540. The van der Waals surface area contributed by atoms with E-state index in [0.29, 0.717) is 0 Å². The topological polar surface area (TPSA) is 29.5 Å². The van der Waals surface area contributed by atoms with Crippen molar-refractivity contribution in [3.63, 3.8) is 0 Å². The van der Waals surface area contributed by atoms with Crippen LogP contribution in [0.4, 0.5) is 0 Å². The fourth-order valence-electron chi connectivity index (χ4n) is 1.89. The van der Waals surface area contributed by atoms with Gasteiger partial charge in [-0.05, 0) is 37.0 Å². The van der Waals surface area contributed by atoms with Crippen molar-refractivity contribution in [1.82, 2.24) is 0 Å². The highest BCUT2D eigenvalue weighted by Gasteiger charge is 2.44. The lowest BCUT2D eigenvalue weighted by Crippen LogP contribution is -2.08. The fourth-order valence-corrected chi connectivity index (χ4v) is 2.39. The van der Waals surface area contributed by atoms with Crippen LogP contribution >= 0.6 is 15.9 Å². The van der Waals surface area contributed by atoms with Gasteiger partial charge in [0.15, 0.2) is 0 Å². The Balaban J connectivity index is 2.56. The second-order valence-electron chi connectivity index (χ2n) is 4.03. The molecule has 0 radical (unpaired) electrons. The van der Waals surface area contributed by atoms with E-state index in [4.69, 9.17) is 4.74 Å². The molecule has 0 heterocycles. The third-order valence-electron chi connectivity index (χ3n) is 2.94. The Morgan fingerprint density at radius 1 is 1.47 bits per heavy atom. The minimum atomic E-state index is -0.640. The zero-order valence-electron chi connectivity index (χ0n) is 9.01. The number of methoxy groups -OCH3 is 1. The van der Waals surface area contributed by atoms with Crippen molar-refractivity contribution in [2.45, 2.75) is 31.8 Å². The number of ether oxygens (including phenoxy) is 1. The molecule has 1 aromatic rings. The van der Waals surface area contributed by atoms with E-state index in [1.165, 1.54) is 0 Å². The van der Waals surface area contributed by atoms with Gasteiger partial charge in [0.1, 0.15) is 5.75 Å². The molecular weight excluding hydrogens is 256 g/mol. The first kappa shape index (κ1) is 11.0. The smallest absolute Gasteiger partial charge is 0.128 e. The molecule has 1 saturated carbocycles. The number of rotatable bonds is 3. The Kier molecular flexibility index (Phi) is 2.77. The molecule has 0 saturated heterocycles. The third kappa shape index (κ3) is 1.91. The van der Waals surface area contributed by atoms with Gasteiger partial charge in [0, 0.05) is 10.0 Å². The lowest BCUT2D eigenvalue weighted by atomic mass is 10.0. The highest BCUT2D eigenvalue weighted by atomic mass is 79.9. The van der Waals surface area contributed by atoms with Gasteiger partial charge in [0.2, 0.25) is 0 Å². The van der Waals surface area contributed by atoms with E-state index >= 15 is 0 Å². The maximum Gasteiger partial charge on any atom is 0.128 e. The van der Waals surface area contributed by atoms with Crippen molar-refractivity contribution >= 4 is 15.9 Å². The molecule has 2 rings (SSSR count). The monoisotopic (exact) mass is 270 g/mol. The highest BCUT2D eigenvalue weighted by molar-refractivity contribution is 9.10. The molecule has 1 fully saturated rings. The van der Waals surface area contributed by atoms with Crippen LogP contribution in [0.5, 0.6) is 5.75 Å². The molecule has 0 bridgehead atoms. The van der Waals surface area contributed by atoms with E-state index in [1.807, 2.05) is 12.1 Å². The van der Waals surface area contributed by atoms with Crippen LogP contribution in [0.1, 0.15) is 30.9 Å². The standard InChI is InChI=1S/C12H15BrO2/c1-3-8-6-9(13)7-10(11(8)15-2)12(14)4-5-12/h6-7,14H,3-5H2,1-2H3. The van der Waals surface area contributed by atoms with Crippen LogP contribution in [0.25, 0.3) is 0 Å². The first-order valence-corrected chi connectivity index (χ1v) is 5.99. The Labute approximate surface area is 98.4 Å². The van der Waals surface area contributed by atoms with E-state index in [-0.39, 0.29) is 0 Å². The van der Waals surface area contributed by atoms with Crippen LogP contribution in [0.3, 0.4) is 0 Å². The number of halogens is 1. The van der Waals surface area contributed by atoms with Crippen molar-refractivity contribution < 1.29 is 9.84 Å². The van der Waals surface area contributed by atoms with Crippen molar-refractivity contribution in [1.29, 1.82) is 0 Å². The summed E-state index contributed by atoms with van der Waals surface area (Å²) in [7, 11) is 1.66. The molecule has 1 aromatic carbocycles. The van der Waals surface area contributed by atoms with Crippen LogP contribution < -0.4 is 4.74 Å². The third-order valence-corrected chi connectivity index (χ3v) is 3.40. The largest absolute Gasteiger partial charge is 0.496 e. The molecular formula is C12H15BrO2. The van der Waals surface area contributed by atoms with Gasteiger partial charge in [0.05, 0.1) is 12.7 Å². The first-order valence-electron chi connectivity index (χ1n) is 5.20. The molecule has 2 nitrogen and oxygen atoms in total. The van der Waals surface area contributed by atoms with E-state index in [1.54, 1.807) is 7.11 Å². The zero-order chi connectivity index (χ0) is 11.1. The van der Waals surface area contributed by atoms with Crippen LogP contribution in [0, 0.1) is 0 Å². The van der Waals surface area contributed by atoms with Crippen molar-refractivity contribution in [2.75, 3.05) is 7.11 Å². The molecule has 1 aliphatic rings. The summed E-state index contributed by atoms with van der Waals surface area (Å²) in [6.07, 6.45) is 2.58. The second-order valence-corrected chi connectivity index (χ2v) is 4.95. The molecule has 0 amide bonds. The fraction of sp³-hybridized carbons (Fsp3) is 0.500. The quantitative estimate of drug-likeness (QED) is 0.915. The normalized spacial score (nSPS) is 17.6. The first-order chi connectivity index (χ1) is 7.10. The van der Waals surface area contributed by atoms with Gasteiger partial charge in [-0.25, -0.2) is 0 Å². The van der Waals surface area contributed by atoms with Crippen molar-refractivity contribution in [3.8, 4) is 5.75 Å². The summed E-state index contributed by atoms with van der Waals surface area (Å²) in [4.78, 5) is 0. The molecule has 0 spiro atoms. The van der Waals surface area contributed by atoms with Gasteiger partial charge < -0.3 is 9.84 Å². The number of hydrogen-bond donors (Lipinski definition) is 1. The van der Waals surface area contributed by atoms with Crippen molar-refractivity contribution in [3.05, 3.63) is 27.7 Å². The van der Waals surface area contributed by atoms with Gasteiger partial charge in [-0.15, -0.1) is 0 Å². The predicted octanol–water partition coefficient (Wildman–Crippen LogP) is 3.00. The number of aliphatic hydroxyl groups is 1. The maximum absolute atomic E-state index is 10.2. The van der Waals surface area contributed by atoms with Gasteiger partial charge >= 0.3 is 0 Å². The average molecular weight is 271 g/mol. The molecule has 1 N–H and O–H groups in total. The van der Waals surface area contributed by atoms with Crippen LogP contribution in [0.15, 0.2) is 16.6 Å². The molecule has 0 atom stereocenters. The number of aryl methyl sites for hydroxylation is 1. The summed E-state index contributed by atoms with van der Waals surface area (Å²) >= 11 is 3.47. The average Bonchev–Trinajstić information content (AvgIpc) is 2.96. The van der Waals surface area contributed by atoms with Crippen LogP contribution in [-0.2, 0) is 12.0 Å². The predicted molar refractivity (Wildman–Crippen MR) is 63.2 cm³/mol. The Morgan fingerprint density at radius 3 is 2.60 bits per heavy atom. The Morgan fingerprint density at radius 2 is 2.13 bits per heavy atom. The summed E-state index contributed by atoms with van der Waals surface area (Å²) in [6, 6.07) is 4.01. The molecule has 1 aliphatic carbocycles. The van der Waals surface area contributed by atoms with Crippen LogP contribution in [0.2, 0.25) is 0 Å². The van der Waals surface area contributed by atoms with Gasteiger partial charge in [-0.3, -0.25) is 0 Å². The number of benzene rings is 1. The molecule has 15 heavy (non-hydrogen) atoms. The summed E-state index contributed by atoms with van der Waals surface area (Å²) in [5, 5.41) is 10.2. The van der Waals surface area contributed by atoms with E-state index < -0.39 is 5.60 Å². The molecule has 82 valence electrons. The molecule has 3 heteroatoms. The lowest BCUT2D eigenvalue weighted by Gasteiger charge is -2.17. The summed E-state index contributed by atoms with van der Waals surface area (Å²) in [5.74, 6) is 0.848. The molecule has 0 unspecified atom stereocenters. The number of hydrogen-bond acceptors (Lipinski definition) is 2. The van der Waals surface area contributed by atoms with E-state index in [0.717, 1.165) is 40.6 Å². The molecule has 0 aliphatic heterocycles. The summed E-state index contributed by atoms with van der Waals surface area (Å²) < 4.78 is 6.42. The van der Waals surface area contributed by atoms with Crippen LogP contribution in [-0.4, -0.2) is 12.2 Å². The van der Waals surface area contributed by atoms with Crippen molar-refractivity contribution in [2.24, 2.45) is 0 Å². The minimum Gasteiger partial charge on any atom is -0.496 e. The second kappa shape index (κ2) is 3.80. The Bertz CT molecular complexity index is 383. The van der Waals surface area contributed by atoms with E-state index in [9.17, 15) is 5.11 Å². The minimum absolute atomic E-state index is 0.640. The van der Waals surface area contributed by atoms with E-state index in [2.05, 4.69) is 22.9 Å². The summed E-state index contributed by atoms with van der Waals surface area (Å²) in [6.45, 7) is 2.09. The SMILES string of the molecule is CCc1cc(Br)cc(C2(O)CC2)c1OC. The van der Waals surface area contributed by atoms with Gasteiger partial charge in [0.25, 0.3) is 0 Å². The zero-order valence-corrected chi connectivity index (χ0v) is 10.6. The van der Waals surface area contributed by atoms with Gasteiger partial charge in [-0.1, -0.05) is 22.9 Å². The highest BCUT2D eigenvalue weighted by Crippen LogP contribution is 2.50. The lowest BCUT2D eigenvalue weighted by molar-refractivity contribution is 0.147. The summed E-state index contributed by atoms with van der Waals surface area (Å²) in [5.41, 5.74) is 1.43.